The zero-order valence-corrected chi connectivity index (χ0v) is 23.8. The standard InChI is InChI=1S/C31H27N3O7S/c1-3-38-31(37)25-19-8-4-5-11-24(19)42-29(25)34-28(35)17(2)41-30(36)18-12-13-20-21(16-18)33-27(23-10-7-15-40-23)26(32-20)22-9-6-14-39-22/h6-7,9-10,12-17H,3-5,8,11H2,1-2H3,(H,34,35). The maximum Gasteiger partial charge on any atom is 0.341 e. The van der Waals surface area contributed by atoms with Gasteiger partial charge in [-0.15, -0.1) is 11.3 Å². The topological polar surface area (TPSA) is 134 Å². The predicted octanol–water partition coefficient (Wildman–Crippen LogP) is 6.45. The normalized spacial score (nSPS) is 13.4. The van der Waals surface area contributed by atoms with Crippen LogP contribution in [-0.2, 0) is 27.1 Å². The Bertz CT molecular complexity index is 1770. The van der Waals surface area contributed by atoms with E-state index >= 15 is 0 Å². The summed E-state index contributed by atoms with van der Waals surface area (Å²) < 4.78 is 21.9. The van der Waals surface area contributed by atoms with E-state index in [0.29, 0.717) is 44.5 Å². The first-order valence-corrected chi connectivity index (χ1v) is 14.5. The second-order valence-corrected chi connectivity index (χ2v) is 10.9. The summed E-state index contributed by atoms with van der Waals surface area (Å²) in [6.45, 7) is 3.45. The van der Waals surface area contributed by atoms with Crippen LogP contribution in [0.4, 0.5) is 5.00 Å². The lowest BCUT2D eigenvalue weighted by molar-refractivity contribution is -0.123. The fourth-order valence-electron chi connectivity index (χ4n) is 4.92. The fraction of sp³-hybridized carbons (Fsp3) is 0.258. The number of anilines is 1. The highest BCUT2D eigenvalue weighted by Gasteiger charge is 2.29. The number of esters is 2. The molecule has 6 rings (SSSR count). The van der Waals surface area contributed by atoms with Crippen molar-refractivity contribution in [2.75, 3.05) is 11.9 Å². The van der Waals surface area contributed by atoms with Crippen molar-refractivity contribution < 1.29 is 32.7 Å². The van der Waals surface area contributed by atoms with Gasteiger partial charge < -0.3 is 23.6 Å². The molecule has 1 aliphatic carbocycles. The number of furan rings is 2. The van der Waals surface area contributed by atoms with Crippen LogP contribution in [-0.4, -0.2) is 40.5 Å². The number of nitrogens with zero attached hydrogens (tertiary/aromatic N) is 2. The van der Waals surface area contributed by atoms with E-state index in [1.807, 2.05) is 0 Å². The van der Waals surface area contributed by atoms with E-state index in [4.69, 9.17) is 28.3 Å². The largest absolute Gasteiger partial charge is 0.463 e. The van der Waals surface area contributed by atoms with Gasteiger partial charge in [0.1, 0.15) is 16.4 Å². The minimum Gasteiger partial charge on any atom is -0.463 e. The molecule has 11 heteroatoms. The Hall–Kier alpha value is -4.77. The number of benzene rings is 1. The molecule has 0 fully saturated rings. The molecule has 4 heterocycles. The Kier molecular flexibility index (Phi) is 7.58. The number of fused-ring (bicyclic) bond motifs is 2. The first-order valence-electron chi connectivity index (χ1n) is 13.7. The van der Waals surface area contributed by atoms with Gasteiger partial charge in [-0.25, -0.2) is 19.6 Å². The van der Waals surface area contributed by atoms with Crippen LogP contribution < -0.4 is 5.32 Å². The predicted molar refractivity (Wildman–Crippen MR) is 155 cm³/mol. The first-order chi connectivity index (χ1) is 20.4. The Morgan fingerprint density at radius 2 is 1.64 bits per heavy atom. The van der Waals surface area contributed by atoms with Gasteiger partial charge in [-0.05, 0) is 87.6 Å². The van der Waals surface area contributed by atoms with Gasteiger partial charge in [0, 0.05) is 4.88 Å². The quantitative estimate of drug-likeness (QED) is 0.204. The van der Waals surface area contributed by atoms with Crippen molar-refractivity contribution in [1.29, 1.82) is 0 Å². The second-order valence-electron chi connectivity index (χ2n) is 9.75. The van der Waals surface area contributed by atoms with Crippen LogP contribution >= 0.6 is 11.3 Å². The van der Waals surface area contributed by atoms with Gasteiger partial charge in [-0.3, -0.25) is 4.79 Å². The molecule has 4 aromatic heterocycles. The molecule has 10 nitrogen and oxygen atoms in total. The van der Waals surface area contributed by atoms with Gasteiger partial charge in [-0.2, -0.15) is 0 Å². The molecule has 0 bridgehead atoms. The van der Waals surface area contributed by atoms with Crippen molar-refractivity contribution in [3.8, 4) is 22.9 Å². The third-order valence-corrected chi connectivity index (χ3v) is 8.16. The lowest BCUT2D eigenvalue weighted by Gasteiger charge is -2.14. The van der Waals surface area contributed by atoms with E-state index in [1.54, 1.807) is 55.7 Å². The zero-order valence-electron chi connectivity index (χ0n) is 23.0. The second kappa shape index (κ2) is 11.6. The van der Waals surface area contributed by atoms with Crippen LogP contribution in [0.3, 0.4) is 0 Å². The zero-order chi connectivity index (χ0) is 29.2. The van der Waals surface area contributed by atoms with Crippen LogP contribution in [0.5, 0.6) is 0 Å². The maximum absolute atomic E-state index is 13.1. The van der Waals surface area contributed by atoms with Crippen molar-refractivity contribution >= 4 is 45.2 Å². The third kappa shape index (κ3) is 5.30. The van der Waals surface area contributed by atoms with Crippen LogP contribution in [0.15, 0.2) is 63.8 Å². The number of hydrogen-bond acceptors (Lipinski definition) is 10. The van der Waals surface area contributed by atoms with E-state index in [2.05, 4.69) is 5.32 Å². The summed E-state index contributed by atoms with van der Waals surface area (Å²) in [5, 5.41) is 3.22. The lowest BCUT2D eigenvalue weighted by atomic mass is 9.95. The molecule has 1 N–H and O–H groups in total. The minimum absolute atomic E-state index is 0.200. The highest BCUT2D eigenvalue weighted by atomic mass is 32.1. The van der Waals surface area contributed by atoms with Crippen molar-refractivity contribution in [2.24, 2.45) is 0 Å². The number of carbonyl (C=O) groups is 3. The maximum atomic E-state index is 13.1. The molecule has 0 saturated heterocycles. The molecule has 1 aliphatic rings. The molecule has 42 heavy (non-hydrogen) atoms. The summed E-state index contributed by atoms with van der Waals surface area (Å²) in [4.78, 5) is 49.4. The average Bonchev–Trinajstić information content (AvgIpc) is 3.77. The van der Waals surface area contributed by atoms with E-state index in [0.717, 1.165) is 36.1 Å². The number of thiophene rings is 1. The minimum atomic E-state index is -1.13. The average molecular weight is 586 g/mol. The van der Waals surface area contributed by atoms with Crippen molar-refractivity contribution in [1.82, 2.24) is 9.97 Å². The Morgan fingerprint density at radius 3 is 2.31 bits per heavy atom. The molecule has 5 aromatic rings. The molecule has 0 spiro atoms. The van der Waals surface area contributed by atoms with Crippen molar-refractivity contribution in [3.05, 3.63) is 76.6 Å². The Labute approximate surface area is 244 Å². The number of aryl methyl sites for hydroxylation is 1. The highest BCUT2D eigenvalue weighted by Crippen LogP contribution is 2.39. The smallest absolute Gasteiger partial charge is 0.341 e. The molecule has 1 amide bonds. The summed E-state index contributed by atoms with van der Waals surface area (Å²) >= 11 is 1.38. The molecule has 0 radical (unpaired) electrons. The van der Waals surface area contributed by atoms with E-state index in [9.17, 15) is 14.4 Å². The van der Waals surface area contributed by atoms with Crippen molar-refractivity contribution in [3.63, 3.8) is 0 Å². The highest BCUT2D eigenvalue weighted by molar-refractivity contribution is 7.17. The number of ether oxygens (including phenoxy) is 2. The molecule has 214 valence electrons. The van der Waals surface area contributed by atoms with Gasteiger partial charge in [0.05, 0.1) is 41.3 Å². The molecular weight excluding hydrogens is 558 g/mol. The SMILES string of the molecule is CCOC(=O)c1c(NC(=O)C(C)OC(=O)c2ccc3nc(-c4ccco4)c(-c4ccco4)nc3c2)sc2c1CCCC2. The summed E-state index contributed by atoms with van der Waals surface area (Å²) in [6.07, 6.45) is 5.57. The van der Waals surface area contributed by atoms with Crippen LogP contribution in [0.1, 0.15) is 57.8 Å². The number of hydrogen-bond donors (Lipinski definition) is 1. The van der Waals surface area contributed by atoms with E-state index < -0.39 is 23.9 Å². The van der Waals surface area contributed by atoms with Gasteiger partial charge in [-0.1, -0.05) is 0 Å². The monoisotopic (exact) mass is 585 g/mol. The summed E-state index contributed by atoms with van der Waals surface area (Å²) in [5.41, 5.74) is 3.46. The number of carbonyl (C=O) groups excluding carboxylic acids is 3. The number of rotatable bonds is 8. The van der Waals surface area contributed by atoms with Gasteiger partial charge in [0.2, 0.25) is 0 Å². The van der Waals surface area contributed by atoms with Crippen LogP contribution in [0, 0.1) is 0 Å². The lowest BCUT2D eigenvalue weighted by Crippen LogP contribution is -2.30. The van der Waals surface area contributed by atoms with Gasteiger partial charge in [0.15, 0.2) is 17.6 Å². The molecule has 1 unspecified atom stereocenters. The van der Waals surface area contributed by atoms with Crippen molar-refractivity contribution in [2.45, 2.75) is 45.6 Å². The van der Waals surface area contributed by atoms with Crippen LogP contribution in [0.2, 0.25) is 0 Å². The first kappa shape index (κ1) is 27.4. The van der Waals surface area contributed by atoms with E-state index in [1.165, 1.54) is 24.5 Å². The molecule has 1 atom stereocenters. The van der Waals surface area contributed by atoms with Crippen LogP contribution in [0.25, 0.3) is 33.9 Å². The number of amides is 1. The molecule has 1 aromatic carbocycles. The summed E-state index contributed by atoms with van der Waals surface area (Å²) in [5.74, 6) is -0.690. The Balaban J connectivity index is 1.22. The Morgan fingerprint density at radius 1 is 0.952 bits per heavy atom. The summed E-state index contributed by atoms with van der Waals surface area (Å²) in [6, 6.07) is 11.8. The third-order valence-electron chi connectivity index (χ3n) is 6.95. The molecule has 0 saturated carbocycles. The van der Waals surface area contributed by atoms with Gasteiger partial charge in [0.25, 0.3) is 5.91 Å². The number of aromatic nitrogens is 2. The number of nitrogens with one attached hydrogen (secondary N) is 1. The summed E-state index contributed by atoms with van der Waals surface area (Å²) in [7, 11) is 0. The van der Waals surface area contributed by atoms with Gasteiger partial charge >= 0.3 is 11.9 Å². The molecule has 0 aliphatic heterocycles. The van der Waals surface area contributed by atoms with E-state index in [-0.39, 0.29) is 12.2 Å². The fourth-order valence-corrected chi connectivity index (χ4v) is 6.20. The molecular formula is C31H27N3O7S.